The van der Waals surface area contributed by atoms with E-state index in [9.17, 15) is 14.0 Å². The lowest BCUT2D eigenvalue weighted by molar-refractivity contribution is -0.133. The molecule has 8 heteroatoms. The summed E-state index contributed by atoms with van der Waals surface area (Å²) in [7, 11) is 1.75. The number of piperazine rings is 1. The van der Waals surface area contributed by atoms with Crippen LogP contribution >= 0.6 is 12.4 Å². The molecule has 1 aromatic rings. The predicted molar refractivity (Wildman–Crippen MR) is 92.4 cm³/mol. The van der Waals surface area contributed by atoms with Crippen molar-refractivity contribution < 1.29 is 14.0 Å². The third-order valence-electron chi connectivity index (χ3n) is 3.69. The Hall–Kier alpha value is -1.70. The standard InChI is InChI=1S/C16H23FN4O2.ClH/c1-20(12-16(23)21-8-6-18-7-9-21)11-15(22)19-10-13-2-4-14(17)5-3-13;/h2-5,18H,6-12H2,1H3,(H,19,22);1H. The monoisotopic (exact) mass is 358 g/mol. The van der Waals surface area contributed by atoms with Gasteiger partial charge in [-0.2, -0.15) is 0 Å². The number of carbonyl (C=O) groups excluding carboxylic acids is 2. The maximum absolute atomic E-state index is 12.8. The van der Waals surface area contributed by atoms with Crippen molar-refractivity contribution in [3.8, 4) is 0 Å². The first kappa shape index (κ1) is 20.3. The van der Waals surface area contributed by atoms with Gasteiger partial charge in [-0.15, -0.1) is 12.4 Å². The molecular formula is C16H24ClFN4O2. The zero-order valence-corrected chi connectivity index (χ0v) is 14.6. The second-order valence-corrected chi connectivity index (χ2v) is 5.71. The zero-order valence-electron chi connectivity index (χ0n) is 13.8. The van der Waals surface area contributed by atoms with Crippen LogP contribution in [-0.2, 0) is 16.1 Å². The van der Waals surface area contributed by atoms with E-state index in [0.717, 1.165) is 18.7 Å². The number of hydrogen-bond donors (Lipinski definition) is 2. The predicted octanol–water partition coefficient (Wildman–Crippen LogP) is 0.227. The Bertz CT molecular complexity index is 535. The first-order valence-corrected chi connectivity index (χ1v) is 7.73. The highest BCUT2D eigenvalue weighted by atomic mass is 35.5. The van der Waals surface area contributed by atoms with Crippen molar-refractivity contribution in [1.82, 2.24) is 20.4 Å². The summed E-state index contributed by atoms with van der Waals surface area (Å²) in [6.45, 7) is 3.77. The summed E-state index contributed by atoms with van der Waals surface area (Å²) in [6, 6.07) is 5.99. The molecule has 1 saturated heterocycles. The van der Waals surface area contributed by atoms with Gasteiger partial charge in [0.05, 0.1) is 13.1 Å². The van der Waals surface area contributed by atoms with Crippen LogP contribution in [0.4, 0.5) is 4.39 Å². The fraction of sp³-hybridized carbons (Fsp3) is 0.500. The first-order valence-electron chi connectivity index (χ1n) is 7.73. The van der Waals surface area contributed by atoms with Crippen LogP contribution in [0.3, 0.4) is 0 Å². The summed E-state index contributed by atoms with van der Waals surface area (Å²) in [4.78, 5) is 27.5. The molecule has 0 bridgehead atoms. The normalized spacial score (nSPS) is 14.2. The van der Waals surface area contributed by atoms with E-state index in [2.05, 4.69) is 10.6 Å². The minimum Gasteiger partial charge on any atom is -0.351 e. The summed E-state index contributed by atoms with van der Waals surface area (Å²) >= 11 is 0. The van der Waals surface area contributed by atoms with E-state index in [-0.39, 0.29) is 43.1 Å². The third-order valence-corrected chi connectivity index (χ3v) is 3.69. The van der Waals surface area contributed by atoms with Crippen molar-refractivity contribution in [2.75, 3.05) is 46.3 Å². The highest BCUT2D eigenvalue weighted by Crippen LogP contribution is 2.02. The summed E-state index contributed by atoms with van der Waals surface area (Å²) < 4.78 is 12.8. The van der Waals surface area contributed by atoms with Crippen LogP contribution in [0.5, 0.6) is 0 Å². The highest BCUT2D eigenvalue weighted by Gasteiger charge is 2.18. The Morgan fingerprint density at radius 3 is 2.46 bits per heavy atom. The molecule has 0 spiro atoms. The molecule has 24 heavy (non-hydrogen) atoms. The molecule has 0 saturated carbocycles. The Kier molecular flexibility index (Phi) is 8.67. The summed E-state index contributed by atoms with van der Waals surface area (Å²) in [6.07, 6.45) is 0. The van der Waals surface area contributed by atoms with Crippen molar-refractivity contribution in [2.24, 2.45) is 0 Å². The Morgan fingerprint density at radius 2 is 1.83 bits per heavy atom. The molecule has 1 heterocycles. The lowest BCUT2D eigenvalue weighted by atomic mass is 10.2. The van der Waals surface area contributed by atoms with E-state index in [1.54, 1.807) is 24.1 Å². The van der Waals surface area contributed by atoms with Crippen molar-refractivity contribution in [3.63, 3.8) is 0 Å². The van der Waals surface area contributed by atoms with Gasteiger partial charge < -0.3 is 15.5 Å². The number of carbonyl (C=O) groups is 2. The summed E-state index contributed by atoms with van der Waals surface area (Å²) in [5.74, 6) is -0.420. The summed E-state index contributed by atoms with van der Waals surface area (Å²) in [5, 5.41) is 5.96. The van der Waals surface area contributed by atoms with Crippen molar-refractivity contribution in [1.29, 1.82) is 0 Å². The average molecular weight is 359 g/mol. The lowest BCUT2D eigenvalue weighted by Crippen LogP contribution is -2.50. The molecule has 2 N–H and O–H groups in total. The van der Waals surface area contributed by atoms with Crippen LogP contribution in [0, 0.1) is 5.82 Å². The minimum absolute atomic E-state index is 0. The molecule has 2 amide bonds. The van der Waals surface area contributed by atoms with Crippen LogP contribution < -0.4 is 10.6 Å². The molecule has 0 radical (unpaired) electrons. The molecule has 1 aliphatic rings. The van der Waals surface area contributed by atoms with E-state index in [1.165, 1.54) is 12.1 Å². The maximum Gasteiger partial charge on any atom is 0.236 e. The SMILES string of the molecule is CN(CC(=O)NCc1ccc(F)cc1)CC(=O)N1CCNCC1.Cl. The number of benzene rings is 1. The van der Waals surface area contributed by atoms with E-state index < -0.39 is 0 Å². The van der Waals surface area contributed by atoms with Crippen molar-refractivity contribution >= 4 is 24.2 Å². The Labute approximate surface area is 147 Å². The molecule has 2 rings (SSSR count). The molecule has 0 aromatic heterocycles. The number of halogens is 2. The zero-order chi connectivity index (χ0) is 16.7. The summed E-state index contributed by atoms with van der Waals surface area (Å²) in [5.41, 5.74) is 0.833. The van der Waals surface area contributed by atoms with Crippen molar-refractivity contribution in [2.45, 2.75) is 6.54 Å². The number of hydrogen-bond acceptors (Lipinski definition) is 4. The molecule has 0 aliphatic carbocycles. The Morgan fingerprint density at radius 1 is 1.21 bits per heavy atom. The van der Waals surface area contributed by atoms with Gasteiger partial charge in [-0.25, -0.2) is 4.39 Å². The van der Waals surface area contributed by atoms with Crippen LogP contribution in [-0.4, -0.2) is 67.9 Å². The number of likely N-dealkylation sites (N-methyl/N-ethyl adjacent to an activating group) is 1. The molecule has 0 atom stereocenters. The van der Waals surface area contributed by atoms with Gasteiger partial charge in [0, 0.05) is 32.7 Å². The topological polar surface area (TPSA) is 64.7 Å². The van der Waals surface area contributed by atoms with Gasteiger partial charge in [-0.05, 0) is 24.7 Å². The second kappa shape index (κ2) is 10.2. The fourth-order valence-electron chi connectivity index (χ4n) is 2.40. The van der Waals surface area contributed by atoms with Gasteiger partial charge in [0.15, 0.2) is 0 Å². The van der Waals surface area contributed by atoms with Gasteiger partial charge in [0.2, 0.25) is 11.8 Å². The van der Waals surface area contributed by atoms with E-state index >= 15 is 0 Å². The molecule has 134 valence electrons. The van der Waals surface area contributed by atoms with Gasteiger partial charge in [0.1, 0.15) is 5.82 Å². The van der Waals surface area contributed by atoms with E-state index in [4.69, 9.17) is 0 Å². The van der Waals surface area contributed by atoms with Crippen LogP contribution in [0.15, 0.2) is 24.3 Å². The average Bonchev–Trinajstić information content (AvgIpc) is 2.55. The molecule has 1 aliphatic heterocycles. The number of rotatable bonds is 6. The van der Waals surface area contributed by atoms with Crippen molar-refractivity contribution in [3.05, 3.63) is 35.6 Å². The van der Waals surface area contributed by atoms with Crippen LogP contribution in [0.25, 0.3) is 0 Å². The van der Waals surface area contributed by atoms with Gasteiger partial charge >= 0.3 is 0 Å². The van der Waals surface area contributed by atoms with E-state index in [0.29, 0.717) is 19.6 Å². The third kappa shape index (κ3) is 6.82. The highest BCUT2D eigenvalue weighted by molar-refractivity contribution is 5.85. The number of nitrogens with one attached hydrogen (secondary N) is 2. The first-order chi connectivity index (χ1) is 11.0. The lowest BCUT2D eigenvalue weighted by Gasteiger charge is -2.29. The molecule has 6 nitrogen and oxygen atoms in total. The van der Waals surface area contributed by atoms with E-state index in [1.807, 2.05) is 4.90 Å². The van der Waals surface area contributed by atoms with Gasteiger partial charge in [-0.3, -0.25) is 14.5 Å². The smallest absolute Gasteiger partial charge is 0.236 e. The molecule has 0 unspecified atom stereocenters. The fourth-order valence-corrected chi connectivity index (χ4v) is 2.40. The molecule has 1 aromatic carbocycles. The van der Waals surface area contributed by atoms with Gasteiger partial charge in [0.25, 0.3) is 0 Å². The second-order valence-electron chi connectivity index (χ2n) is 5.71. The molecule has 1 fully saturated rings. The number of amides is 2. The largest absolute Gasteiger partial charge is 0.351 e. The minimum atomic E-state index is -0.300. The maximum atomic E-state index is 12.8. The molecular weight excluding hydrogens is 335 g/mol. The van der Waals surface area contributed by atoms with Crippen LogP contribution in [0.2, 0.25) is 0 Å². The Balaban J connectivity index is 0.00000288. The van der Waals surface area contributed by atoms with Gasteiger partial charge in [-0.1, -0.05) is 12.1 Å². The van der Waals surface area contributed by atoms with Crippen LogP contribution in [0.1, 0.15) is 5.56 Å². The number of nitrogens with zero attached hydrogens (tertiary/aromatic N) is 2. The quantitative estimate of drug-likeness (QED) is 0.764.